The van der Waals surface area contributed by atoms with Crippen molar-refractivity contribution in [2.24, 2.45) is 0 Å². The number of hydrogen-bond acceptors (Lipinski definition) is 8. The first kappa shape index (κ1) is 17.9. The fourth-order valence-electron chi connectivity index (χ4n) is 1.86. The summed E-state index contributed by atoms with van der Waals surface area (Å²) in [4.78, 5) is 17.2. The average Bonchev–Trinajstić information content (AvgIpc) is 3.09. The summed E-state index contributed by atoms with van der Waals surface area (Å²) in [5.74, 6) is 0.388. The van der Waals surface area contributed by atoms with Crippen molar-refractivity contribution >= 4 is 29.0 Å². The Balaban J connectivity index is 1.91. The quantitative estimate of drug-likeness (QED) is 0.574. The third-order valence-corrected chi connectivity index (χ3v) is 4.97. The first-order chi connectivity index (χ1) is 11.0. The summed E-state index contributed by atoms with van der Waals surface area (Å²) in [7, 11) is 1.64. The minimum absolute atomic E-state index is 0.0596. The van der Waals surface area contributed by atoms with Gasteiger partial charge in [0.25, 0.3) is 11.1 Å². The Bertz CT molecular complexity index is 656. The van der Waals surface area contributed by atoms with Gasteiger partial charge >= 0.3 is 0 Å². The van der Waals surface area contributed by atoms with Crippen LogP contribution >= 0.6 is 23.1 Å². The highest BCUT2D eigenvalue weighted by Crippen LogP contribution is 2.31. The molecule has 0 radical (unpaired) electrons. The van der Waals surface area contributed by atoms with E-state index in [1.165, 1.54) is 23.1 Å². The van der Waals surface area contributed by atoms with Gasteiger partial charge in [-0.25, -0.2) is 4.98 Å². The maximum absolute atomic E-state index is 12.0. The van der Waals surface area contributed by atoms with Gasteiger partial charge in [-0.05, 0) is 27.2 Å². The molecule has 0 spiro atoms. The molecule has 0 bridgehead atoms. The lowest BCUT2D eigenvalue weighted by Crippen LogP contribution is -2.32. The van der Waals surface area contributed by atoms with E-state index in [1.807, 2.05) is 20.8 Å². The number of carbonyl (C=O) groups excluding carboxylic acids is 1. The number of thiazole rings is 1. The summed E-state index contributed by atoms with van der Waals surface area (Å²) in [6.45, 7) is 6.87. The monoisotopic (exact) mass is 356 g/mol. The van der Waals surface area contributed by atoms with Gasteiger partial charge in [-0.2, -0.15) is 0 Å². The number of carbonyl (C=O) groups is 1. The van der Waals surface area contributed by atoms with E-state index >= 15 is 0 Å². The van der Waals surface area contributed by atoms with Gasteiger partial charge < -0.3 is 14.5 Å². The van der Waals surface area contributed by atoms with E-state index in [-0.39, 0.29) is 11.2 Å². The van der Waals surface area contributed by atoms with Gasteiger partial charge in [-0.15, -0.1) is 21.5 Å². The van der Waals surface area contributed by atoms with Crippen LogP contribution in [-0.4, -0.2) is 46.6 Å². The molecule has 1 amide bonds. The van der Waals surface area contributed by atoms with E-state index in [2.05, 4.69) is 20.5 Å². The van der Waals surface area contributed by atoms with E-state index in [4.69, 9.17) is 9.15 Å². The molecule has 1 unspecified atom stereocenters. The topological polar surface area (TPSA) is 90.1 Å². The Hall–Kier alpha value is -1.45. The molecule has 23 heavy (non-hydrogen) atoms. The summed E-state index contributed by atoms with van der Waals surface area (Å²) in [6.07, 6.45) is 0.786. The lowest BCUT2D eigenvalue weighted by Gasteiger charge is -2.09. The van der Waals surface area contributed by atoms with Crippen molar-refractivity contribution in [1.29, 1.82) is 0 Å². The molecule has 0 aliphatic heterocycles. The largest absolute Gasteiger partial charge is 0.410 e. The highest BCUT2D eigenvalue weighted by molar-refractivity contribution is 8.00. The zero-order valence-corrected chi connectivity index (χ0v) is 15.2. The second-order valence-electron chi connectivity index (χ2n) is 4.92. The molecule has 126 valence electrons. The highest BCUT2D eigenvalue weighted by atomic mass is 32.2. The van der Waals surface area contributed by atoms with Crippen molar-refractivity contribution in [3.63, 3.8) is 0 Å². The average molecular weight is 356 g/mol. The molecular weight excluding hydrogens is 336 g/mol. The van der Waals surface area contributed by atoms with Gasteiger partial charge in [0, 0.05) is 20.3 Å². The molecule has 7 nitrogen and oxygen atoms in total. The molecule has 2 heterocycles. The van der Waals surface area contributed by atoms with Gasteiger partial charge in [-0.3, -0.25) is 4.79 Å². The predicted octanol–water partition coefficient (Wildman–Crippen LogP) is 2.44. The fraction of sp³-hybridized carbons (Fsp3) is 0.571. The van der Waals surface area contributed by atoms with Crippen LogP contribution in [0.1, 0.15) is 24.0 Å². The Morgan fingerprint density at radius 2 is 2.22 bits per heavy atom. The fourth-order valence-corrected chi connectivity index (χ4v) is 3.40. The van der Waals surface area contributed by atoms with Crippen LogP contribution in [0.5, 0.6) is 0 Å². The molecule has 0 aromatic carbocycles. The van der Waals surface area contributed by atoms with Gasteiger partial charge in [0.2, 0.25) is 5.91 Å². The zero-order valence-electron chi connectivity index (χ0n) is 13.6. The molecule has 0 aliphatic rings. The SMILES string of the molecule is COCCCNC(=O)C(C)Sc1nnc(-c2sc(C)nc2C)o1. The van der Waals surface area contributed by atoms with Gasteiger partial charge in [0.15, 0.2) is 0 Å². The van der Waals surface area contributed by atoms with E-state index in [1.54, 1.807) is 7.11 Å². The highest BCUT2D eigenvalue weighted by Gasteiger charge is 2.20. The van der Waals surface area contributed by atoms with Crippen LogP contribution in [0.3, 0.4) is 0 Å². The number of thioether (sulfide) groups is 1. The van der Waals surface area contributed by atoms with Crippen LogP contribution < -0.4 is 5.32 Å². The van der Waals surface area contributed by atoms with Crippen LogP contribution in [0.2, 0.25) is 0 Å². The van der Waals surface area contributed by atoms with Crippen LogP contribution in [0, 0.1) is 13.8 Å². The minimum Gasteiger partial charge on any atom is -0.410 e. The normalized spacial score (nSPS) is 12.3. The standard InChI is InChI=1S/C14H20N4O3S2/c1-8-11(23-10(3)16-8)13-17-18-14(21-13)22-9(2)12(19)15-6-5-7-20-4/h9H,5-7H2,1-4H3,(H,15,19). The first-order valence-corrected chi connectivity index (χ1v) is 8.92. The van der Waals surface area contributed by atoms with Crippen LogP contribution in [-0.2, 0) is 9.53 Å². The minimum atomic E-state index is -0.310. The number of aryl methyl sites for hydroxylation is 2. The van der Waals surface area contributed by atoms with Gasteiger partial charge in [0.05, 0.1) is 16.0 Å². The van der Waals surface area contributed by atoms with Crippen LogP contribution in [0.4, 0.5) is 0 Å². The molecule has 2 aromatic heterocycles. The number of nitrogens with zero attached hydrogens (tertiary/aromatic N) is 3. The van der Waals surface area contributed by atoms with Crippen molar-refractivity contribution in [3.8, 4) is 10.8 Å². The Labute approximate surface area is 143 Å². The molecular formula is C14H20N4O3S2. The second kappa shape index (κ2) is 8.42. The molecule has 0 aliphatic carbocycles. The summed E-state index contributed by atoms with van der Waals surface area (Å²) >= 11 is 2.76. The molecule has 9 heteroatoms. The number of nitrogens with one attached hydrogen (secondary N) is 1. The van der Waals surface area contributed by atoms with Crippen molar-refractivity contribution in [2.75, 3.05) is 20.3 Å². The maximum atomic E-state index is 12.0. The summed E-state index contributed by atoms with van der Waals surface area (Å²) < 4.78 is 10.6. The van der Waals surface area contributed by atoms with Crippen molar-refractivity contribution < 1.29 is 13.9 Å². The number of aromatic nitrogens is 3. The lowest BCUT2D eigenvalue weighted by atomic mass is 10.4. The second-order valence-corrected chi connectivity index (χ2v) is 7.41. The summed E-state index contributed by atoms with van der Waals surface area (Å²) in [6, 6.07) is 0. The van der Waals surface area contributed by atoms with E-state index in [9.17, 15) is 4.79 Å². The van der Waals surface area contributed by atoms with Crippen LogP contribution in [0.15, 0.2) is 9.64 Å². The number of amides is 1. The molecule has 0 saturated heterocycles. The van der Waals surface area contributed by atoms with Crippen molar-refractivity contribution in [1.82, 2.24) is 20.5 Å². The first-order valence-electron chi connectivity index (χ1n) is 7.22. The number of rotatable bonds is 8. The molecule has 1 atom stereocenters. The van der Waals surface area contributed by atoms with Crippen molar-refractivity contribution in [3.05, 3.63) is 10.7 Å². The third-order valence-electron chi connectivity index (χ3n) is 2.98. The van der Waals surface area contributed by atoms with Crippen LogP contribution in [0.25, 0.3) is 10.8 Å². The smallest absolute Gasteiger partial charge is 0.277 e. The van der Waals surface area contributed by atoms with Crippen molar-refractivity contribution in [2.45, 2.75) is 37.7 Å². The summed E-state index contributed by atoms with van der Waals surface area (Å²) in [5.41, 5.74) is 0.872. The molecule has 0 fully saturated rings. The van der Waals surface area contributed by atoms with Gasteiger partial charge in [0.1, 0.15) is 4.88 Å². The zero-order chi connectivity index (χ0) is 16.8. The molecule has 2 aromatic rings. The number of methoxy groups -OCH3 is 1. The third kappa shape index (κ3) is 5.02. The molecule has 1 N–H and O–H groups in total. The Morgan fingerprint density at radius 3 is 2.87 bits per heavy atom. The number of hydrogen-bond donors (Lipinski definition) is 1. The Kier molecular flexibility index (Phi) is 6.55. The lowest BCUT2D eigenvalue weighted by molar-refractivity contribution is -0.120. The molecule has 2 rings (SSSR count). The number of ether oxygens (including phenoxy) is 1. The van der Waals surface area contributed by atoms with Gasteiger partial charge in [-0.1, -0.05) is 11.8 Å². The maximum Gasteiger partial charge on any atom is 0.277 e. The van der Waals surface area contributed by atoms with E-state index < -0.39 is 0 Å². The molecule has 0 saturated carbocycles. The Morgan fingerprint density at radius 1 is 1.43 bits per heavy atom. The summed E-state index contributed by atoms with van der Waals surface area (Å²) in [5, 5.41) is 11.9. The predicted molar refractivity (Wildman–Crippen MR) is 89.7 cm³/mol. The van der Waals surface area contributed by atoms with E-state index in [0.717, 1.165) is 22.0 Å². The van der Waals surface area contributed by atoms with E-state index in [0.29, 0.717) is 24.3 Å².